The first kappa shape index (κ1) is 15.0. The van der Waals surface area contributed by atoms with Crippen LogP contribution in [0, 0.1) is 6.92 Å². The molecule has 0 unspecified atom stereocenters. The van der Waals surface area contributed by atoms with Crippen LogP contribution >= 0.6 is 0 Å². The van der Waals surface area contributed by atoms with Crippen molar-refractivity contribution in [2.24, 2.45) is 0 Å². The molecule has 1 aliphatic heterocycles. The van der Waals surface area contributed by atoms with Gasteiger partial charge in [-0.2, -0.15) is 0 Å². The Morgan fingerprint density at radius 3 is 2.61 bits per heavy atom. The molecule has 0 bridgehead atoms. The monoisotopic (exact) mass is 308 g/mol. The summed E-state index contributed by atoms with van der Waals surface area (Å²) in [5.74, 6) is -0.349. The van der Waals surface area contributed by atoms with E-state index in [9.17, 15) is 9.59 Å². The molecule has 3 rings (SSSR count). The molecule has 4 nitrogen and oxygen atoms in total. The summed E-state index contributed by atoms with van der Waals surface area (Å²) < 4.78 is 5.73. The number of hydrogen-bond acceptors (Lipinski definition) is 3. The van der Waals surface area contributed by atoms with Crippen molar-refractivity contribution >= 4 is 17.8 Å². The fourth-order valence-corrected chi connectivity index (χ4v) is 2.63. The number of aromatic carboxylic acids is 1. The van der Waals surface area contributed by atoms with E-state index < -0.39 is 5.97 Å². The fraction of sp³-hybridized carbons (Fsp3) is 0.158. The highest BCUT2D eigenvalue weighted by molar-refractivity contribution is 6.13. The molecule has 0 saturated carbocycles. The second kappa shape index (κ2) is 6.08. The lowest BCUT2D eigenvalue weighted by molar-refractivity contribution is 0.0696. The first-order valence-electron chi connectivity index (χ1n) is 7.37. The molecule has 0 fully saturated rings. The van der Waals surface area contributed by atoms with Crippen molar-refractivity contribution < 1.29 is 19.4 Å². The number of carbonyl (C=O) groups is 2. The van der Waals surface area contributed by atoms with Crippen molar-refractivity contribution in [1.29, 1.82) is 0 Å². The average Bonchev–Trinajstić information content (AvgIpc) is 2.69. The summed E-state index contributed by atoms with van der Waals surface area (Å²) in [6.45, 7) is 2.37. The number of carbonyl (C=O) groups excluding carboxylic acids is 1. The summed E-state index contributed by atoms with van der Waals surface area (Å²) in [7, 11) is 0. The van der Waals surface area contributed by atoms with Crippen LogP contribution in [0.5, 0.6) is 5.75 Å². The molecule has 0 radical (unpaired) electrons. The van der Waals surface area contributed by atoms with Crippen molar-refractivity contribution in [3.63, 3.8) is 0 Å². The Kier molecular flexibility index (Phi) is 3.98. The summed E-state index contributed by atoms with van der Waals surface area (Å²) >= 11 is 0. The molecule has 1 heterocycles. The quantitative estimate of drug-likeness (QED) is 0.858. The van der Waals surface area contributed by atoms with Crippen LogP contribution in [0.25, 0.3) is 6.08 Å². The van der Waals surface area contributed by atoms with E-state index in [2.05, 4.69) is 0 Å². The molecule has 1 N–H and O–H groups in total. The average molecular weight is 308 g/mol. The Bertz CT molecular complexity index is 801. The molecule has 23 heavy (non-hydrogen) atoms. The summed E-state index contributed by atoms with van der Waals surface area (Å²) in [6.07, 6.45) is 2.32. The van der Waals surface area contributed by atoms with Gasteiger partial charge in [-0.1, -0.05) is 24.3 Å². The van der Waals surface area contributed by atoms with E-state index in [4.69, 9.17) is 9.84 Å². The zero-order valence-corrected chi connectivity index (χ0v) is 12.7. The topological polar surface area (TPSA) is 63.6 Å². The van der Waals surface area contributed by atoms with Gasteiger partial charge in [0, 0.05) is 12.0 Å². The number of ether oxygens (including phenoxy) is 1. The van der Waals surface area contributed by atoms with E-state index in [0.29, 0.717) is 29.9 Å². The van der Waals surface area contributed by atoms with Gasteiger partial charge >= 0.3 is 5.97 Å². The summed E-state index contributed by atoms with van der Waals surface area (Å²) in [4.78, 5) is 23.6. The van der Waals surface area contributed by atoms with Crippen molar-refractivity contribution in [2.75, 3.05) is 6.61 Å². The Labute approximate surface area is 134 Å². The van der Waals surface area contributed by atoms with Crippen molar-refractivity contribution in [3.8, 4) is 5.75 Å². The number of rotatable bonds is 2. The van der Waals surface area contributed by atoms with Gasteiger partial charge in [-0.25, -0.2) is 4.79 Å². The SMILES string of the molecule is Cc1cccc2c1OCC/C(=C/c1ccc(C(=O)O)cc1)C2=O. The van der Waals surface area contributed by atoms with E-state index in [1.165, 1.54) is 12.1 Å². The lowest BCUT2D eigenvalue weighted by Gasteiger charge is -2.08. The summed E-state index contributed by atoms with van der Waals surface area (Å²) in [6, 6.07) is 12.0. The minimum atomic E-state index is -0.965. The molecule has 0 aliphatic carbocycles. The summed E-state index contributed by atoms with van der Waals surface area (Å²) in [5, 5.41) is 8.93. The number of benzene rings is 2. The number of para-hydroxylation sites is 1. The number of fused-ring (bicyclic) bond motifs is 1. The molecule has 116 valence electrons. The molecule has 4 heteroatoms. The first-order chi connectivity index (χ1) is 11.1. The Morgan fingerprint density at radius 2 is 1.91 bits per heavy atom. The van der Waals surface area contributed by atoms with E-state index in [0.717, 1.165) is 11.1 Å². The van der Waals surface area contributed by atoms with E-state index >= 15 is 0 Å². The largest absolute Gasteiger partial charge is 0.492 e. The van der Waals surface area contributed by atoms with Gasteiger partial charge in [-0.15, -0.1) is 0 Å². The lowest BCUT2D eigenvalue weighted by Crippen LogP contribution is -2.02. The standard InChI is InChI=1S/C19H16O4/c1-12-3-2-4-16-17(20)15(9-10-23-18(12)16)11-13-5-7-14(8-6-13)19(21)22/h2-8,11H,9-10H2,1H3,(H,21,22)/b15-11-. The van der Waals surface area contributed by atoms with Crippen LogP contribution in [0.2, 0.25) is 0 Å². The number of aryl methyl sites for hydroxylation is 1. The third-order valence-electron chi connectivity index (χ3n) is 3.86. The smallest absolute Gasteiger partial charge is 0.335 e. The highest BCUT2D eigenvalue weighted by Crippen LogP contribution is 2.30. The molecular weight excluding hydrogens is 292 g/mol. The van der Waals surface area contributed by atoms with Crippen LogP contribution in [0.1, 0.15) is 38.3 Å². The van der Waals surface area contributed by atoms with E-state index in [-0.39, 0.29) is 11.3 Å². The molecule has 0 aromatic heterocycles. The molecule has 1 aliphatic rings. The van der Waals surface area contributed by atoms with Crippen LogP contribution < -0.4 is 4.74 Å². The normalized spacial score (nSPS) is 15.7. The molecule has 0 spiro atoms. The Balaban J connectivity index is 1.96. The second-order valence-electron chi connectivity index (χ2n) is 5.48. The first-order valence-corrected chi connectivity index (χ1v) is 7.37. The van der Waals surface area contributed by atoms with Gasteiger partial charge in [0.25, 0.3) is 0 Å². The maximum Gasteiger partial charge on any atom is 0.335 e. The van der Waals surface area contributed by atoms with Gasteiger partial charge in [0.1, 0.15) is 5.75 Å². The van der Waals surface area contributed by atoms with Crippen LogP contribution in [0.3, 0.4) is 0 Å². The molecule has 0 amide bonds. The number of hydrogen-bond donors (Lipinski definition) is 1. The van der Waals surface area contributed by atoms with Crippen molar-refractivity contribution in [1.82, 2.24) is 0 Å². The minimum Gasteiger partial charge on any atom is -0.492 e. The maximum absolute atomic E-state index is 12.7. The van der Waals surface area contributed by atoms with Crippen LogP contribution in [0.15, 0.2) is 48.0 Å². The Morgan fingerprint density at radius 1 is 1.17 bits per heavy atom. The van der Waals surface area contributed by atoms with Gasteiger partial charge in [0.15, 0.2) is 5.78 Å². The highest BCUT2D eigenvalue weighted by Gasteiger charge is 2.22. The molecular formula is C19H16O4. The molecule has 0 atom stereocenters. The van der Waals surface area contributed by atoms with Gasteiger partial charge < -0.3 is 9.84 Å². The Hall–Kier alpha value is -2.88. The van der Waals surface area contributed by atoms with Gasteiger partial charge in [0.2, 0.25) is 0 Å². The molecule has 0 saturated heterocycles. The van der Waals surface area contributed by atoms with Crippen LogP contribution in [-0.4, -0.2) is 23.5 Å². The van der Waals surface area contributed by atoms with Gasteiger partial charge in [-0.05, 0) is 42.3 Å². The zero-order valence-electron chi connectivity index (χ0n) is 12.7. The molecule has 2 aromatic carbocycles. The zero-order chi connectivity index (χ0) is 16.4. The van der Waals surface area contributed by atoms with E-state index in [1.54, 1.807) is 24.3 Å². The van der Waals surface area contributed by atoms with Crippen molar-refractivity contribution in [2.45, 2.75) is 13.3 Å². The van der Waals surface area contributed by atoms with Gasteiger partial charge in [0.05, 0.1) is 17.7 Å². The lowest BCUT2D eigenvalue weighted by atomic mass is 9.97. The number of carboxylic acid groups (broad SMARTS) is 1. The van der Waals surface area contributed by atoms with Crippen LogP contribution in [0.4, 0.5) is 0 Å². The third kappa shape index (κ3) is 3.01. The van der Waals surface area contributed by atoms with Gasteiger partial charge in [-0.3, -0.25) is 4.79 Å². The molecule has 2 aromatic rings. The van der Waals surface area contributed by atoms with Crippen LogP contribution in [-0.2, 0) is 0 Å². The third-order valence-corrected chi connectivity index (χ3v) is 3.86. The fourth-order valence-electron chi connectivity index (χ4n) is 2.63. The predicted octanol–water partition coefficient (Wildman–Crippen LogP) is 3.74. The summed E-state index contributed by atoms with van der Waals surface area (Å²) in [5.41, 5.74) is 3.22. The maximum atomic E-state index is 12.7. The predicted molar refractivity (Wildman–Crippen MR) is 87.0 cm³/mol. The number of carboxylic acids is 1. The van der Waals surface area contributed by atoms with Crippen molar-refractivity contribution in [3.05, 3.63) is 70.3 Å². The van der Waals surface area contributed by atoms with E-state index in [1.807, 2.05) is 19.1 Å². The number of Topliss-reactive ketones (excluding diaryl/α,β-unsaturated/α-hetero) is 1. The minimum absolute atomic E-state index is 0.0384. The number of ketones is 1. The highest BCUT2D eigenvalue weighted by atomic mass is 16.5. The second-order valence-corrected chi connectivity index (χ2v) is 5.48.